The van der Waals surface area contributed by atoms with Gasteiger partial charge in [-0.1, -0.05) is 60.1 Å². The summed E-state index contributed by atoms with van der Waals surface area (Å²) in [5.74, 6) is -10.8. The van der Waals surface area contributed by atoms with Gasteiger partial charge in [0.2, 0.25) is 47.3 Å². The molecule has 2 aliphatic heterocycles. The molecule has 12 N–H and O–H groups in total. The molecule has 2 bridgehead atoms. The Morgan fingerprint density at radius 3 is 2.01 bits per heavy atom. The maximum atomic E-state index is 14.7. The Balaban J connectivity index is 2.25. The molecule has 0 aromatic heterocycles. The molecular formula is C50H79N9O16. The maximum absolute atomic E-state index is 14.7. The minimum Gasteiger partial charge on any atom is -0.497 e. The lowest BCUT2D eigenvalue weighted by atomic mass is 9.95. The number of primary amides is 1. The summed E-state index contributed by atoms with van der Waals surface area (Å²) in [6.45, 7) is 11.7. The molecule has 1 aromatic rings. The van der Waals surface area contributed by atoms with E-state index in [1.807, 2.05) is 0 Å². The number of amides is 9. The zero-order valence-electron chi connectivity index (χ0n) is 44.5. The van der Waals surface area contributed by atoms with E-state index in [1.54, 1.807) is 65.8 Å². The molecular weight excluding hydrogens is 983 g/mol. The number of hydrogen-bond acceptors (Lipinski definition) is 16. The highest BCUT2D eigenvalue weighted by molar-refractivity contribution is 5.99. The smallest absolute Gasteiger partial charge is 0.329 e. The van der Waals surface area contributed by atoms with Crippen LogP contribution >= 0.6 is 0 Å². The number of fused-ring (bicyclic) bond motifs is 2. The second-order valence-corrected chi connectivity index (χ2v) is 20.2. The Bertz CT molecular complexity index is 2180. The molecule has 0 aliphatic carbocycles. The molecule has 2 heterocycles. The predicted octanol–water partition coefficient (Wildman–Crippen LogP) is -2.63. The Kier molecular flexibility index (Phi) is 24.3. The Morgan fingerprint density at radius 1 is 0.840 bits per heavy atom. The molecule has 2 saturated heterocycles. The molecule has 0 saturated carbocycles. The van der Waals surface area contributed by atoms with Crippen LogP contribution in [0.4, 0.5) is 0 Å². The number of aliphatic hydroxyl groups is 4. The number of piperidine rings is 1. The van der Waals surface area contributed by atoms with Crippen molar-refractivity contribution in [3.05, 3.63) is 29.8 Å². The van der Waals surface area contributed by atoms with Crippen LogP contribution in [0, 0.1) is 17.8 Å². The first-order chi connectivity index (χ1) is 35.1. The Labute approximate surface area is 437 Å². The van der Waals surface area contributed by atoms with Crippen molar-refractivity contribution >= 4 is 59.1 Å². The van der Waals surface area contributed by atoms with Crippen LogP contribution in [0.25, 0.3) is 0 Å². The molecule has 3 rings (SSSR count). The van der Waals surface area contributed by atoms with Crippen molar-refractivity contribution in [2.45, 2.75) is 180 Å². The number of nitrogens with two attached hydrogens (primary N) is 1. The quantitative estimate of drug-likeness (QED) is 0.0595. The van der Waals surface area contributed by atoms with Crippen molar-refractivity contribution in [1.29, 1.82) is 0 Å². The van der Waals surface area contributed by atoms with Crippen LogP contribution in [0.5, 0.6) is 5.75 Å². The lowest BCUT2D eigenvalue weighted by molar-refractivity contribution is -0.170. The van der Waals surface area contributed by atoms with E-state index in [2.05, 4.69) is 31.9 Å². The molecule has 25 nitrogen and oxygen atoms in total. The molecule has 1 aromatic carbocycles. The van der Waals surface area contributed by atoms with Gasteiger partial charge in [0.15, 0.2) is 6.10 Å². The summed E-state index contributed by atoms with van der Waals surface area (Å²) in [4.78, 5) is 142. The molecule has 2 fully saturated rings. The van der Waals surface area contributed by atoms with Crippen LogP contribution in [0.2, 0.25) is 0 Å². The van der Waals surface area contributed by atoms with Crippen molar-refractivity contribution in [1.82, 2.24) is 41.7 Å². The Hall–Kier alpha value is -6.44. The largest absolute Gasteiger partial charge is 0.497 e. The van der Waals surface area contributed by atoms with Gasteiger partial charge in [-0.3, -0.25) is 43.2 Å². The third-order valence-electron chi connectivity index (χ3n) is 13.2. The van der Waals surface area contributed by atoms with Gasteiger partial charge in [0, 0.05) is 19.9 Å². The van der Waals surface area contributed by atoms with Gasteiger partial charge in [-0.05, 0) is 81.4 Å². The number of methoxy groups -OCH3 is 1. The van der Waals surface area contributed by atoms with E-state index in [0.29, 0.717) is 11.3 Å². The number of ether oxygens (including phenoxy) is 2. The van der Waals surface area contributed by atoms with Crippen molar-refractivity contribution in [3.63, 3.8) is 0 Å². The number of likely N-dealkylation sites (N-methyl/N-ethyl adjacent to an activating group) is 1. The van der Waals surface area contributed by atoms with Gasteiger partial charge in [-0.2, -0.15) is 0 Å². The molecule has 13 atom stereocenters. The summed E-state index contributed by atoms with van der Waals surface area (Å²) in [6.07, 6.45) is -8.09. The summed E-state index contributed by atoms with van der Waals surface area (Å²) in [6, 6.07) is -6.06. The second kappa shape index (κ2) is 29.0. The van der Waals surface area contributed by atoms with Gasteiger partial charge >= 0.3 is 5.97 Å². The molecule has 0 radical (unpaired) electrons. The first kappa shape index (κ1) is 62.9. The van der Waals surface area contributed by atoms with Gasteiger partial charge in [-0.15, -0.1) is 0 Å². The molecule has 25 heteroatoms. The number of nitrogens with zero attached hydrogens (tertiary/aromatic N) is 2. The van der Waals surface area contributed by atoms with E-state index in [4.69, 9.17) is 15.2 Å². The highest BCUT2D eigenvalue weighted by Crippen LogP contribution is 2.25. The third-order valence-corrected chi connectivity index (χ3v) is 13.2. The molecule has 420 valence electrons. The first-order valence-electron chi connectivity index (χ1n) is 25.3. The highest BCUT2D eigenvalue weighted by atomic mass is 16.5. The van der Waals surface area contributed by atoms with Crippen LogP contribution in [0.1, 0.15) is 106 Å². The SMILES string of the molecule is CCC(C)C1NC(=O)C(Cc2ccc(OC)cc2)N(C)C(=O)C(C(C)O)N2C(=O)C(CCC2O)NC(=O)C(CC(C)C)NC(=O)C(NC(=O)C(CCC(N)=O)NC(=O)C(CC(C)C)NC(=O)C(O)CO)C(C)OC1=O. The van der Waals surface area contributed by atoms with Crippen molar-refractivity contribution in [2.24, 2.45) is 23.5 Å². The molecule has 0 spiro atoms. The number of carbonyl (C=O) groups excluding carboxylic acids is 10. The zero-order valence-corrected chi connectivity index (χ0v) is 44.5. The fourth-order valence-corrected chi connectivity index (χ4v) is 8.68. The van der Waals surface area contributed by atoms with E-state index in [0.717, 1.165) is 9.80 Å². The van der Waals surface area contributed by atoms with E-state index in [-0.39, 0.29) is 50.4 Å². The average molecular weight is 1060 g/mol. The number of cyclic esters (lactones) is 1. The maximum Gasteiger partial charge on any atom is 0.329 e. The van der Waals surface area contributed by atoms with Gasteiger partial charge < -0.3 is 77.3 Å². The summed E-state index contributed by atoms with van der Waals surface area (Å²) in [5, 5.41) is 56.9. The minimum absolute atomic E-state index is 0.0217. The van der Waals surface area contributed by atoms with Crippen LogP contribution < -0.4 is 42.4 Å². The molecule has 2 aliphatic rings. The number of rotatable bonds is 20. The summed E-state index contributed by atoms with van der Waals surface area (Å²) >= 11 is 0. The average Bonchev–Trinajstić information content (AvgIpc) is 3.34. The van der Waals surface area contributed by atoms with Crippen molar-refractivity contribution < 1.29 is 77.8 Å². The zero-order chi connectivity index (χ0) is 56.6. The Morgan fingerprint density at radius 2 is 1.47 bits per heavy atom. The number of benzene rings is 1. The fourth-order valence-electron chi connectivity index (χ4n) is 8.68. The fraction of sp³-hybridized carbons (Fsp3) is 0.680. The molecule has 13 unspecified atom stereocenters. The van der Waals surface area contributed by atoms with Gasteiger partial charge in [0.25, 0.3) is 5.91 Å². The number of nitrogens with one attached hydrogen (secondary N) is 6. The van der Waals surface area contributed by atoms with E-state index in [9.17, 15) is 68.4 Å². The van der Waals surface area contributed by atoms with Gasteiger partial charge in [0.1, 0.15) is 66.4 Å². The van der Waals surface area contributed by atoms with Crippen molar-refractivity contribution in [2.75, 3.05) is 20.8 Å². The van der Waals surface area contributed by atoms with Crippen LogP contribution in [0.3, 0.4) is 0 Å². The van der Waals surface area contributed by atoms with E-state index >= 15 is 0 Å². The predicted molar refractivity (Wildman–Crippen MR) is 268 cm³/mol. The van der Waals surface area contributed by atoms with E-state index in [1.165, 1.54) is 28.0 Å². The normalized spacial score (nSPS) is 25.4. The van der Waals surface area contributed by atoms with Crippen LogP contribution in [0.15, 0.2) is 24.3 Å². The molecule has 75 heavy (non-hydrogen) atoms. The number of hydrogen-bond donors (Lipinski definition) is 11. The van der Waals surface area contributed by atoms with Gasteiger partial charge in [-0.25, -0.2) is 4.79 Å². The number of aliphatic hydroxyl groups excluding tert-OH is 4. The van der Waals surface area contributed by atoms with Crippen LogP contribution in [-0.2, 0) is 59.1 Å². The second-order valence-electron chi connectivity index (χ2n) is 20.2. The standard InChI is InChI=1S/C50H79N9O16/c1-11-26(6)39-50(73)75-28(8)40(57-42(65)31(16-18-37(51)63)52-43(66)33(20-24(2)3)54-46(69)36(62)23-60)47(70)55-34(21-25(4)5)44(67)53-32-17-19-38(64)59(48(32)71)41(27(7)61)49(72)58(9)35(45(68)56-39)22-29-12-14-30(74-10)15-13-29/h12-15,24-28,31-36,38-41,60-62,64H,11,16-23H2,1-10H3,(H2,51,63)(H,52,66)(H,53,67)(H,54,69)(H,55,70)(H,56,68)(H,57,65). The number of esters is 1. The summed E-state index contributed by atoms with van der Waals surface area (Å²) in [5.41, 5.74) is 5.95. The van der Waals surface area contributed by atoms with E-state index < -0.39 is 157 Å². The lowest BCUT2D eigenvalue weighted by Crippen LogP contribution is -2.67. The lowest BCUT2D eigenvalue weighted by Gasteiger charge is -2.43. The highest BCUT2D eigenvalue weighted by Gasteiger charge is 2.47. The number of carbonyl (C=O) groups is 10. The topological polar surface area (TPSA) is 375 Å². The summed E-state index contributed by atoms with van der Waals surface area (Å²) < 4.78 is 11.2. The third kappa shape index (κ3) is 17.8. The van der Waals surface area contributed by atoms with Crippen molar-refractivity contribution in [3.8, 4) is 5.75 Å². The van der Waals surface area contributed by atoms with Gasteiger partial charge in [0.05, 0.1) is 19.8 Å². The molecule has 9 amide bonds. The van der Waals surface area contributed by atoms with Crippen LogP contribution in [-0.4, -0.2) is 183 Å². The summed E-state index contributed by atoms with van der Waals surface area (Å²) in [7, 11) is 2.72. The monoisotopic (exact) mass is 1060 g/mol. The first-order valence-corrected chi connectivity index (χ1v) is 25.3. The minimum atomic E-state index is -1.90.